The fraction of sp³-hybridized carbons (Fsp3) is 0.462. The van der Waals surface area contributed by atoms with Crippen molar-refractivity contribution in [3.05, 3.63) is 29.8 Å². The second-order valence-corrected chi connectivity index (χ2v) is 4.69. The van der Waals surface area contributed by atoms with E-state index >= 15 is 0 Å². The lowest BCUT2D eigenvalue weighted by molar-refractivity contribution is -0.0612. The number of rotatable bonds is 2. The first kappa shape index (κ1) is 14.7. The summed E-state index contributed by atoms with van der Waals surface area (Å²) in [7, 11) is 0. The Bertz CT molecular complexity index is 499. The molecule has 7 heteroatoms. The highest BCUT2D eigenvalue weighted by Gasteiger charge is 2.29. The number of hydrogen-bond donors (Lipinski definition) is 2. The third-order valence-electron chi connectivity index (χ3n) is 3.14. The summed E-state index contributed by atoms with van der Waals surface area (Å²) in [6.07, 6.45) is -0.449. The highest BCUT2D eigenvalue weighted by molar-refractivity contribution is 5.89. The number of carbonyl (C=O) groups is 1. The summed E-state index contributed by atoms with van der Waals surface area (Å²) >= 11 is 0. The molecule has 1 aliphatic heterocycles. The van der Waals surface area contributed by atoms with Gasteiger partial charge in [0.25, 0.3) is 0 Å². The maximum atomic E-state index is 13.5. The van der Waals surface area contributed by atoms with Crippen LogP contribution in [0.3, 0.4) is 0 Å². The lowest BCUT2D eigenvalue weighted by atomic mass is 10.2. The maximum absolute atomic E-state index is 13.5. The van der Waals surface area contributed by atoms with E-state index in [-0.39, 0.29) is 24.9 Å². The first-order valence-corrected chi connectivity index (χ1v) is 6.26. The predicted molar refractivity (Wildman–Crippen MR) is 68.4 cm³/mol. The van der Waals surface area contributed by atoms with Crippen molar-refractivity contribution in [1.29, 1.82) is 0 Å². The van der Waals surface area contributed by atoms with Gasteiger partial charge in [-0.1, -0.05) is 0 Å². The van der Waals surface area contributed by atoms with Crippen LogP contribution in [0.15, 0.2) is 18.2 Å². The van der Waals surface area contributed by atoms with Gasteiger partial charge in [-0.3, -0.25) is 0 Å². The molecule has 1 fully saturated rings. The van der Waals surface area contributed by atoms with Crippen molar-refractivity contribution in [2.24, 2.45) is 0 Å². The molecular formula is C13H16F2N2O3. The molecule has 1 aliphatic rings. The minimum Gasteiger partial charge on any atom is -0.394 e. The number of halogens is 2. The fourth-order valence-electron chi connectivity index (χ4n) is 1.99. The number of benzene rings is 1. The smallest absolute Gasteiger partial charge is 0.322 e. The molecule has 1 heterocycles. The van der Waals surface area contributed by atoms with Gasteiger partial charge in [-0.05, 0) is 19.1 Å². The highest BCUT2D eigenvalue weighted by Crippen LogP contribution is 2.18. The SMILES string of the molecule is CC1COC(CO)CN1C(=O)Nc1ccc(F)cc1F. The third-order valence-corrected chi connectivity index (χ3v) is 3.14. The number of aliphatic hydroxyl groups is 1. The molecule has 1 saturated heterocycles. The lowest BCUT2D eigenvalue weighted by Gasteiger charge is -2.37. The molecule has 2 rings (SSSR count). The average Bonchev–Trinajstić information content (AvgIpc) is 2.42. The zero-order valence-corrected chi connectivity index (χ0v) is 11.0. The summed E-state index contributed by atoms with van der Waals surface area (Å²) in [5.74, 6) is -1.54. The van der Waals surface area contributed by atoms with Crippen molar-refractivity contribution in [2.45, 2.75) is 19.1 Å². The van der Waals surface area contributed by atoms with Crippen LogP contribution in [0.4, 0.5) is 19.3 Å². The second-order valence-electron chi connectivity index (χ2n) is 4.69. The van der Waals surface area contributed by atoms with Crippen LogP contribution < -0.4 is 5.32 Å². The number of morpholine rings is 1. The first-order chi connectivity index (χ1) is 9.51. The van der Waals surface area contributed by atoms with E-state index in [2.05, 4.69) is 5.32 Å². The number of ether oxygens (including phenoxy) is 1. The van der Waals surface area contributed by atoms with Crippen LogP contribution in [0.2, 0.25) is 0 Å². The summed E-state index contributed by atoms with van der Waals surface area (Å²) in [5, 5.41) is 11.4. The molecule has 1 aromatic rings. The van der Waals surface area contributed by atoms with Crippen molar-refractivity contribution in [2.75, 3.05) is 25.1 Å². The molecule has 0 spiro atoms. The molecular weight excluding hydrogens is 270 g/mol. The van der Waals surface area contributed by atoms with Gasteiger partial charge in [-0.2, -0.15) is 0 Å². The van der Waals surface area contributed by atoms with Crippen molar-refractivity contribution in [1.82, 2.24) is 4.90 Å². The molecule has 110 valence electrons. The predicted octanol–water partition coefficient (Wildman–Crippen LogP) is 1.58. The summed E-state index contributed by atoms with van der Waals surface area (Å²) < 4.78 is 31.6. The molecule has 2 N–H and O–H groups in total. The molecule has 0 saturated carbocycles. The fourth-order valence-corrected chi connectivity index (χ4v) is 1.99. The zero-order chi connectivity index (χ0) is 14.7. The largest absolute Gasteiger partial charge is 0.394 e. The molecule has 1 aromatic carbocycles. The Hall–Kier alpha value is -1.73. The summed E-state index contributed by atoms with van der Waals surface area (Å²) in [4.78, 5) is 13.5. The molecule has 0 radical (unpaired) electrons. The maximum Gasteiger partial charge on any atom is 0.322 e. The molecule has 2 amide bonds. The Balaban J connectivity index is 2.06. The number of nitrogens with zero attached hydrogens (tertiary/aromatic N) is 1. The van der Waals surface area contributed by atoms with Crippen LogP contribution in [-0.4, -0.2) is 47.9 Å². The van der Waals surface area contributed by atoms with Gasteiger partial charge in [-0.25, -0.2) is 13.6 Å². The molecule has 2 atom stereocenters. The average molecular weight is 286 g/mol. The molecule has 0 aliphatic carbocycles. The van der Waals surface area contributed by atoms with E-state index < -0.39 is 23.8 Å². The van der Waals surface area contributed by atoms with Crippen molar-refractivity contribution in [3.63, 3.8) is 0 Å². The van der Waals surface area contributed by atoms with E-state index in [0.717, 1.165) is 12.1 Å². The standard InChI is InChI=1S/C13H16F2N2O3/c1-8-7-20-10(6-18)5-17(8)13(19)16-12-3-2-9(14)4-11(12)15/h2-4,8,10,18H,5-7H2,1H3,(H,16,19). The molecule has 2 unspecified atom stereocenters. The Labute approximate surface area is 115 Å². The minimum absolute atomic E-state index is 0.0874. The topological polar surface area (TPSA) is 61.8 Å². The number of aliphatic hydroxyl groups excluding tert-OH is 1. The van der Waals surface area contributed by atoms with E-state index in [1.807, 2.05) is 0 Å². The van der Waals surface area contributed by atoms with Gasteiger partial charge in [0, 0.05) is 6.07 Å². The number of amides is 2. The van der Waals surface area contributed by atoms with Crippen molar-refractivity contribution in [3.8, 4) is 0 Å². The van der Waals surface area contributed by atoms with E-state index in [9.17, 15) is 13.6 Å². The number of hydrogen-bond acceptors (Lipinski definition) is 3. The second kappa shape index (κ2) is 6.15. The van der Waals surface area contributed by atoms with E-state index in [4.69, 9.17) is 9.84 Å². The van der Waals surface area contributed by atoms with Gasteiger partial charge in [0.05, 0.1) is 37.6 Å². The highest BCUT2D eigenvalue weighted by atomic mass is 19.1. The number of urea groups is 1. The van der Waals surface area contributed by atoms with Crippen molar-refractivity contribution < 1.29 is 23.4 Å². The van der Waals surface area contributed by atoms with E-state index in [1.54, 1.807) is 6.92 Å². The van der Waals surface area contributed by atoms with Crippen LogP contribution in [0, 0.1) is 11.6 Å². The Morgan fingerprint density at radius 3 is 2.95 bits per heavy atom. The van der Waals surface area contributed by atoms with Gasteiger partial charge in [0.2, 0.25) is 0 Å². The van der Waals surface area contributed by atoms with E-state index in [0.29, 0.717) is 12.7 Å². The Kier molecular flexibility index (Phi) is 4.51. The van der Waals surface area contributed by atoms with Gasteiger partial charge in [-0.15, -0.1) is 0 Å². The van der Waals surface area contributed by atoms with Gasteiger partial charge < -0.3 is 20.1 Å². The van der Waals surface area contributed by atoms with Crippen molar-refractivity contribution >= 4 is 11.7 Å². The quantitative estimate of drug-likeness (QED) is 0.867. The lowest BCUT2D eigenvalue weighted by Crippen LogP contribution is -2.53. The molecule has 5 nitrogen and oxygen atoms in total. The van der Waals surface area contributed by atoms with Crippen LogP contribution in [0.25, 0.3) is 0 Å². The summed E-state index contributed by atoms with van der Waals surface area (Å²) in [6.45, 7) is 2.10. The normalized spacial score (nSPS) is 22.7. The summed E-state index contributed by atoms with van der Waals surface area (Å²) in [6, 6.07) is 2.23. The summed E-state index contributed by atoms with van der Waals surface area (Å²) in [5.41, 5.74) is -0.0874. The van der Waals surface area contributed by atoms with E-state index in [1.165, 1.54) is 4.90 Å². The Morgan fingerprint density at radius 1 is 1.55 bits per heavy atom. The van der Waals surface area contributed by atoms with Crippen LogP contribution >= 0.6 is 0 Å². The third kappa shape index (κ3) is 3.23. The zero-order valence-electron chi connectivity index (χ0n) is 11.0. The van der Waals surface area contributed by atoms with Gasteiger partial charge in [0.1, 0.15) is 11.6 Å². The van der Waals surface area contributed by atoms with Crippen LogP contribution in [-0.2, 0) is 4.74 Å². The molecule has 20 heavy (non-hydrogen) atoms. The number of anilines is 1. The minimum atomic E-state index is -0.835. The molecule has 0 bridgehead atoms. The van der Waals surface area contributed by atoms with Gasteiger partial charge >= 0.3 is 6.03 Å². The number of carbonyl (C=O) groups excluding carboxylic acids is 1. The van der Waals surface area contributed by atoms with Crippen LogP contribution in [0.5, 0.6) is 0 Å². The number of nitrogens with one attached hydrogen (secondary N) is 1. The van der Waals surface area contributed by atoms with Crippen LogP contribution in [0.1, 0.15) is 6.92 Å². The monoisotopic (exact) mass is 286 g/mol. The van der Waals surface area contributed by atoms with Gasteiger partial charge in [0.15, 0.2) is 0 Å². The Morgan fingerprint density at radius 2 is 2.30 bits per heavy atom. The molecule has 0 aromatic heterocycles. The first-order valence-electron chi connectivity index (χ1n) is 6.26.